The summed E-state index contributed by atoms with van der Waals surface area (Å²) in [5.41, 5.74) is -0.568. The summed E-state index contributed by atoms with van der Waals surface area (Å²) in [5.74, 6) is -12.7. The van der Waals surface area contributed by atoms with Gasteiger partial charge >= 0.3 is 0 Å². The van der Waals surface area contributed by atoms with Crippen molar-refractivity contribution in [3.05, 3.63) is 64.0 Å². The molecule has 1 aliphatic rings. The number of halogens is 5. The van der Waals surface area contributed by atoms with Gasteiger partial charge in [-0.05, 0) is 42.5 Å². The lowest BCUT2D eigenvalue weighted by Gasteiger charge is -2.27. The van der Waals surface area contributed by atoms with Crippen LogP contribution in [0.2, 0.25) is 0 Å². The highest BCUT2D eigenvalue weighted by atomic mass is 32.2. The minimum atomic E-state index is -3.95. The molecule has 1 aliphatic carbocycles. The van der Waals surface area contributed by atoms with Crippen molar-refractivity contribution < 1.29 is 35.2 Å². The van der Waals surface area contributed by atoms with E-state index in [1.54, 1.807) is 0 Å². The van der Waals surface area contributed by atoms with E-state index in [9.17, 15) is 35.2 Å². The van der Waals surface area contributed by atoms with Crippen LogP contribution in [0.25, 0.3) is 0 Å². The van der Waals surface area contributed by atoms with Crippen LogP contribution < -0.4 is 10.5 Å². The number of sulfonamides is 1. The Labute approximate surface area is 156 Å². The quantitative estimate of drug-likeness (QED) is 0.455. The Kier molecular flexibility index (Phi) is 5.15. The molecule has 0 saturated heterocycles. The molecule has 5 nitrogen and oxygen atoms in total. The molecule has 0 aliphatic heterocycles. The summed E-state index contributed by atoms with van der Waals surface area (Å²) in [7, 11) is -3.95. The summed E-state index contributed by atoms with van der Waals surface area (Å²) in [6.07, 6.45) is 1.28. The van der Waals surface area contributed by atoms with Crippen LogP contribution in [-0.2, 0) is 16.4 Å². The van der Waals surface area contributed by atoms with Gasteiger partial charge in [0.05, 0.1) is 10.9 Å². The van der Waals surface area contributed by atoms with Gasteiger partial charge in [-0.25, -0.2) is 35.5 Å². The van der Waals surface area contributed by atoms with Gasteiger partial charge < -0.3 is 5.32 Å². The van der Waals surface area contributed by atoms with E-state index in [1.807, 2.05) is 0 Å². The molecule has 0 fully saturated rings. The molecular formula is C17H13F5N2O3S. The average molecular weight is 420 g/mol. The lowest BCUT2D eigenvalue weighted by Crippen LogP contribution is -2.33. The highest BCUT2D eigenvalue weighted by Crippen LogP contribution is 2.32. The van der Waals surface area contributed by atoms with E-state index in [-0.39, 0.29) is 4.90 Å². The average Bonchev–Trinajstić information content (AvgIpc) is 2.64. The number of nitrogens with one attached hydrogen (secondary N) is 1. The van der Waals surface area contributed by atoms with Gasteiger partial charge in [0.2, 0.25) is 15.8 Å². The van der Waals surface area contributed by atoms with Crippen LogP contribution >= 0.6 is 0 Å². The normalized spacial score (nSPS) is 16.6. The Balaban J connectivity index is 1.96. The lowest BCUT2D eigenvalue weighted by atomic mass is 9.87. The molecule has 1 amide bonds. The number of carbonyl (C=O) groups is 1. The minimum absolute atomic E-state index is 0.141. The standard InChI is InChI=1S/C17H13F5N2O3S/c18-12-11(13(19)15(21)16(22)14(12)20)17(25)24-10-3-1-2-7-6-8(28(23,26)27)4-5-9(7)10/h4-6,10H,1-3H2,(H,24,25)(H2,23,26,27)/t10-/m0/s1. The smallest absolute Gasteiger partial charge is 0.257 e. The van der Waals surface area contributed by atoms with E-state index in [4.69, 9.17) is 5.14 Å². The Morgan fingerprint density at radius 3 is 2.14 bits per heavy atom. The Morgan fingerprint density at radius 2 is 1.57 bits per heavy atom. The summed E-state index contributed by atoms with van der Waals surface area (Å²) in [6.45, 7) is 0. The van der Waals surface area contributed by atoms with Gasteiger partial charge in [0.1, 0.15) is 5.56 Å². The van der Waals surface area contributed by atoms with Crippen molar-refractivity contribution in [3.8, 4) is 0 Å². The fraction of sp³-hybridized carbons (Fsp3) is 0.235. The molecule has 2 aromatic carbocycles. The first kappa shape index (κ1) is 20.2. The molecule has 1 atom stereocenters. The SMILES string of the molecule is NS(=O)(=O)c1ccc2c(c1)CCC[C@@H]2NC(=O)c1c(F)c(F)c(F)c(F)c1F. The molecule has 3 rings (SSSR count). The molecule has 150 valence electrons. The summed E-state index contributed by atoms with van der Waals surface area (Å²) in [6, 6.07) is 3.11. The van der Waals surface area contributed by atoms with Gasteiger partial charge in [-0.3, -0.25) is 4.79 Å². The van der Waals surface area contributed by atoms with E-state index in [1.165, 1.54) is 18.2 Å². The van der Waals surface area contributed by atoms with Gasteiger partial charge in [-0.15, -0.1) is 0 Å². The number of hydrogen-bond acceptors (Lipinski definition) is 3. The Hall–Kier alpha value is -2.53. The van der Waals surface area contributed by atoms with Crippen molar-refractivity contribution in [2.24, 2.45) is 5.14 Å². The maximum Gasteiger partial charge on any atom is 0.257 e. The predicted molar refractivity (Wildman–Crippen MR) is 87.2 cm³/mol. The van der Waals surface area contributed by atoms with Crippen LogP contribution in [0, 0.1) is 29.1 Å². The third-order valence-electron chi connectivity index (χ3n) is 4.50. The highest BCUT2D eigenvalue weighted by molar-refractivity contribution is 7.89. The third-order valence-corrected chi connectivity index (χ3v) is 5.41. The summed E-state index contributed by atoms with van der Waals surface area (Å²) in [4.78, 5) is 12.1. The molecule has 3 N–H and O–H groups in total. The number of aryl methyl sites for hydroxylation is 1. The zero-order valence-corrected chi connectivity index (χ0v) is 14.8. The molecule has 2 aromatic rings. The van der Waals surface area contributed by atoms with Gasteiger partial charge in [-0.1, -0.05) is 6.07 Å². The minimum Gasteiger partial charge on any atom is -0.345 e. The van der Waals surface area contributed by atoms with Gasteiger partial charge in [0, 0.05) is 0 Å². The molecule has 0 radical (unpaired) electrons. The van der Waals surface area contributed by atoms with Crippen LogP contribution in [0.15, 0.2) is 23.1 Å². The zero-order valence-electron chi connectivity index (χ0n) is 14.0. The monoisotopic (exact) mass is 420 g/mol. The number of amides is 1. The second kappa shape index (κ2) is 7.13. The van der Waals surface area contributed by atoms with Gasteiger partial charge in [-0.2, -0.15) is 0 Å². The molecule has 0 spiro atoms. The number of nitrogens with two attached hydrogens (primary N) is 1. The molecule has 0 aromatic heterocycles. The highest BCUT2D eigenvalue weighted by Gasteiger charge is 2.32. The van der Waals surface area contributed by atoms with Crippen molar-refractivity contribution in [2.75, 3.05) is 0 Å². The first-order valence-corrected chi connectivity index (χ1v) is 9.55. The topological polar surface area (TPSA) is 89.3 Å². The van der Waals surface area contributed by atoms with Crippen LogP contribution in [-0.4, -0.2) is 14.3 Å². The van der Waals surface area contributed by atoms with E-state index >= 15 is 0 Å². The van der Waals surface area contributed by atoms with Crippen molar-refractivity contribution in [2.45, 2.75) is 30.2 Å². The second-order valence-corrected chi connectivity index (χ2v) is 7.83. The maximum atomic E-state index is 13.8. The predicted octanol–water partition coefficient (Wildman–Crippen LogP) is 2.84. The second-order valence-electron chi connectivity index (χ2n) is 6.27. The van der Waals surface area contributed by atoms with E-state index < -0.39 is 56.6 Å². The lowest BCUT2D eigenvalue weighted by molar-refractivity contribution is 0.0920. The molecule has 0 heterocycles. The number of primary sulfonamides is 1. The third kappa shape index (κ3) is 3.47. The van der Waals surface area contributed by atoms with E-state index in [0.29, 0.717) is 30.4 Å². The summed E-state index contributed by atoms with van der Waals surface area (Å²) >= 11 is 0. The Bertz CT molecular complexity index is 1060. The number of rotatable bonds is 3. The Morgan fingerprint density at radius 1 is 1.00 bits per heavy atom. The molecule has 0 saturated carbocycles. The summed E-state index contributed by atoms with van der Waals surface area (Å²) in [5, 5.41) is 7.32. The molecule has 11 heteroatoms. The van der Waals surface area contributed by atoms with E-state index in [2.05, 4.69) is 5.32 Å². The fourth-order valence-corrected chi connectivity index (χ4v) is 3.72. The van der Waals surface area contributed by atoms with Crippen molar-refractivity contribution in [3.63, 3.8) is 0 Å². The van der Waals surface area contributed by atoms with Crippen molar-refractivity contribution in [1.82, 2.24) is 5.32 Å². The van der Waals surface area contributed by atoms with Gasteiger partial charge in [0.25, 0.3) is 5.91 Å². The molecule has 28 heavy (non-hydrogen) atoms. The van der Waals surface area contributed by atoms with Crippen LogP contribution in [0.1, 0.15) is 40.4 Å². The first-order chi connectivity index (χ1) is 13.0. The first-order valence-electron chi connectivity index (χ1n) is 8.00. The zero-order chi connectivity index (χ0) is 20.8. The van der Waals surface area contributed by atoms with Crippen molar-refractivity contribution in [1.29, 1.82) is 0 Å². The van der Waals surface area contributed by atoms with Crippen LogP contribution in [0.4, 0.5) is 22.0 Å². The maximum absolute atomic E-state index is 13.8. The number of benzene rings is 2. The molecular weight excluding hydrogens is 407 g/mol. The number of fused-ring (bicyclic) bond motifs is 1. The number of hydrogen-bond donors (Lipinski definition) is 2. The molecule has 0 bridgehead atoms. The van der Waals surface area contributed by atoms with Crippen LogP contribution in [0.5, 0.6) is 0 Å². The fourth-order valence-electron chi connectivity index (χ4n) is 3.15. The number of carbonyl (C=O) groups excluding carboxylic acids is 1. The van der Waals surface area contributed by atoms with Gasteiger partial charge in [0.15, 0.2) is 23.3 Å². The van der Waals surface area contributed by atoms with E-state index in [0.717, 1.165) is 0 Å². The van der Waals surface area contributed by atoms with Crippen LogP contribution in [0.3, 0.4) is 0 Å². The summed E-state index contributed by atoms with van der Waals surface area (Å²) < 4.78 is 90.3. The molecule has 0 unspecified atom stereocenters. The van der Waals surface area contributed by atoms with Crippen molar-refractivity contribution >= 4 is 15.9 Å². The largest absolute Gasteiger partial charge is 0.345 e.